The standard InChI is InChI=1S/C26H27N3O4S/c1-17-23-25(34-24(17)19-8-6-5-7-9-19)27-16-29(26(23)31)15-22(30)28(2)13-12-18-10-11-20(32-3)21(14-18)33-4/h5-11,14,16H,12-13,15H2,1-4H3. The summed E-state index contributed by atoms with van der Waals surface area (Å²) in [7, 11) is 4.93. The quantitative estimate of drug-likeness (QED) is 0.381. The summed E-state index contributed by atoms with van der Waals surface area (Å²) in [5.74, 6) is 1.16. The van der Waals surface area contributed by atoms with Gasteiger partial charge < -0.3 is 14.4 Å². The van der Waals surface area contributed by atoms with E-state index in [2.05, 4.69) is 4.98 Å². The van der Waals surface area contributed by atoms with Crippen LogP contribution in [0.5, 0.6) is 11.5 Å². The molecule has 0 atom stereocenters. The van der Waals surface area contributed by atoms with Gasteiger partial charge in [0, 0.05) is 18.5 Å². The lowest BCUT2D eigenvalue weighted by atomic mass is 10.1. The lowest BCUT2D eigenvalue weighted by Crippen LogP contribution is -2.35. The Balaban J connectivity index is 1.49. The summed E-state index contributed by atoms with van der Waals surface area (Å²) in [5.41, 5.74) is 2.79. The van der Waals surface area contributed by atoms with Crippen molar-refractivity contribution in [2.75, 3.05) is 27.8 Å². The number of thiophene rings is 1. The molecule has 34 heavy (non-hydrogen) atoms. The Morgan fingerprint density at radius 3 is 2.53 bits per heavy atom. The molecule has 2 aromatic carbocycles. The van der Waals surface area contributed by atoms with Crippen LogP contribution >= 0.6 is 11.3 Å². The molecule has 8 heteroatoms. The zero-order valence-corrected chi connectivity index (χ0v) is 20.5. The van der Waals surface area contributed by atoms with E-state index in [4.69, 9.17) is 9.47 Å². The molecule has 1 amide bonds. The van der Waals surface area contributed by atoms with Crippen LogP contribution in [0.3, 0.4) is 0 Å². The van der Waals surface area contributed by atoms with Crippen molar-refractivity contribution in [1.82, 2.24) is 14.5 Å². The number of fused-ring (bicyclic) bond motifs is 1. The third-order valence-corrected chi connectivity index (χ3v) is 7.12. The highest BCUT2D eigenvalue weighted by Gasteiger charge is 2.18. The number of nitrogens with zero attached hydrogens (tertiary/aromatic N) is 3. The second-order valence-electron chi connectivity index (χ2n) is 8.03. The van der Waals surface area contributed by atoms with Gasteiger partial charge in [0.2, 0.25) is 5.91 Å². The van der Waals surface area contributed by atoms with Crippen LogP contribution in [0, 0.1) is 6.92 Å². The number of likely N-dealkylation sites (N-methyl/N-ethyl adjacent to an activating group) is 1. The van der Waals surface area contributed by atoms with Gasteiger partial charge in [-0.3, -0.25) is 14.2 Å². The highest BCUT2D eigenvalue weighted by atomic mass is 32.1. The number of hydrogen-bond acceptors (Lipinski definition) is 6. The zero-order valence-electron chi connectivity index (χ0n) is 19.7. The van der Waals surface area contributed by atoms with Gasteiger partial charge in [-0.05, 0) is 42.2 Å². The maximum atomic E-state index is 13.2. The molecule has 0 aliphatic carbocycles. The number of ether oxygens (including phenoxy) is 2. The molecule has 0 saturated carbocycles. The number of carbonyl (C=O) groups is 1. The minimum absolute atomic E-state index is 0.0554. The van der Waals surface area contributed by atoms with Gasteiger partial charge in [-0.25, -0.2) is 4.98 Å². The molecule has 2 heterocycles. The van der Waals surface area contributed by atoms with Gasteiger partial charge in [-0.15, -0.1) is 11.3 Å². The van der Waals surface area contributed by atoms with E-state index >= 15 is 0 Å². The number of carbonyl (C=O) groups excluding carboxylic acids is 1. The number of benzene rings is 2. The summed E-state index contributed by atoms with van der Waals surface area (Å²) in [6.07, 6.45) is 2.12. The third-order valence-electron chi connectivity index (χ3n) is 5.87. The fourth-order valence-corrected chi connectivity index (χ4v) is 5.01. The van der Waals surface area contributed by atoms with Gasteiger partial charge in [-0.1, -0.05) is 36.4 Å². The van der Waals surface area contributed by atoms with Crippen LogP contribution < -0.4 is 15.0 Å². The topological polar surface area (TPSA) is 73.7 Å². The lowest BCUT2D eigenvalue weighted by molar-refractivity contribution is -0.130. The molecule has 0 spiro atoms. The first-order chi connectivity index (χ1) is 16.4. The minimum Gasteiger partial charge on any atom is -0.493 e. The van der Waals surface area contributed by atoms with Crippen LogP contribution in [0.1, 0.15) is 11.1 Å². The first-order valence-electron chi connectivity index (χ1n) is 10.9. The largest absolute Gasteiger partial charge is 0.493 e. The highest BCUT2D eigenvalue weighted by Crippen LogP contribution is 2.35. The van der Waals surface area contributed by atoms with E-state index in [0.717, 1.165) is 21.6 Å². The van der Waals surface area contributed by atoms with Crippen LogP contribution in [0.25, 0.3) is 20.7 Å². The molecule has 0 saturated heterocycles. The number of hydrogen-bond donors (Lipinski definition) is 0. The van der Waals surface area contributed by atoms with Crippen LogP contribution in [0.2, 0.25) is 0 Å². The van der Waals surface area contributed by atoms with E-state index in [1.165, 1.54) is 22.2 Å². The molecule has 0 fully saturated rings. The average molecular weight is 478 g/mol. The summed E-state index contributed by atoms with van der Waals surface area (Å²) in [6, 6.07) is 15.7. The molecular weight excluding hydrogens is 450 g/mol. The molecule has 2 aromatic heterocycles. The van der Waals surface area contributed by atoms with Crippen LogP contribution in [-0.4, -0.2) is 48.2 Å². The number of methoxy groups -OCH3 is 2. The summed E-state index contributed by atoms with van der Waals surface area (Å²) in [6.45, 7) is 2.39. The van der Waals surface area contributed by atoms with Crippen molar-refractivity contribution < 1.29 is 14.3 Å². The molecule has 4 rings (SSSR count). The van der Waals surface area contributed by atoms with Gasteiger partial charge in [-0.2, -0.15) is 0 Å². The summed E-state index contributed by atoms with van der Waals surface area (Å²) >= 11 is 1.50. The summed E-state index contributed by atoms with van der Waals surface area (Å²) in [5, 5.41) is 0.576. The number of aromatic nitrogens is 2. The molecule has 0 bridgehead atoms. The Hall–Kier alpha value is -3.65. The number of rotatable bonds is 8. The Morgan fingerprint density at radius 2 is 1.82 bits per heavy atom. The van der Waals surface area contributed by atoms with Crippen molar-refractivity contribution in [3.63, 3.8) is 0 Å². The number of aryl methyl sites for hydroxylation is 1. The summed E-state index contributed by atoms with van der Waals surface area (Å²) < 4.78 is 12.0. The normalized spacial score (nSPS) is 10.9. The van der Waals surface area contributed by atoms with E-state index in [0.29, 0.717) is 34.7 Å². The molecule has 7 nitrogen and oxygen atoms in total. The maximum absolute atomic E-state index is 13.2. The Bertz CT molecular complexity index is 1380. The number of amides is 1. The van der Waals surface area contributed by atoms with Gasteiger partial charge in [0.15, 0.2) is 11.5 Å². The average Bonchev–Trinajstić information content (AvgIpc) is 3.21. The van der Waals surface area contributed by atoms with Crippen molar-refractivity contribution in [2.45, 2.75) is 19.9 Å². The van der Waals surface area contributed by atoms with Gasteiger partial charge >= 0.3 is 0 Å². The van der Waals surface area contributed by atoms with E-state index in [1.54, 1.807) is 26.2 Å². The molecule has 0 radical (unpaired) electrons. The van der Waals surface area contributed by atoms with Crippen LogP contribution in [-0.2, 0) is 17.8 Å². The van der Waals surface area contributed by atoms with Gasteiger partial charge in [0.05, 0.1) is 25.9 Å². The van der Waals surface area contributed by atoms with Crippen molar-refractivity contribution in [3.8, 4) is 21.9 Å². The molecular formula is C26H27N3O4S. The predicted octanol–water partition coefficient (Wildman–Crippen LogP) is 4.15. The SMILES string of the molecule is COc1ccc(CCN(C)C(=O)Cn2cnc3sc(-c4ccccc4)c(C)c3c2=O)cc1OC. The smallest absolute Gasteiger partial charge is 0.262 e. The zero-order chi connectivity index (χ0) is 24.2. The van der Waals surface area contributed by atoms with Crippen molar-refractivity contribution >= 4 is 27.5 Å². The highest BCUT2D eigenvalue weighted by molar-refractivity contribution is 7.22. The fraction of sp³-hybridized carbons (Fsp3) is 0.269. The molecule has 4 aromatic rings. The second kappa shape index (κ2) is 10.1. The second-order valence-corrected chi connectivity index (χ2v) is 9.03. The monoisotopic (exact) mass is 477 g/mol. The molecule has 0 unspecified atom stereocenters. The van der Waals surface area contributed by atoms with Crippen molar-refractivity contribution in [3.05, 3.63) is 76.3 Å². The Morgan fingerprint density at radius 1 is 1.09 bits per heavy atom. The van der Waals surface area contributed by atoms with E-state index in [-0.39, 0.29) is 18.0 Å². The lowest BCUT2D eigenvalue weighted by Gasteiger charge is -2.18. The Kier molecular flexibility index (Phi) is 6.98. The van der Waals surface area contributed by atoms with Crippen LogP contribution in [0.4, 0.5) is 0 Å². The first kappa shape index (κ1) is 23.5. The molecule has 0 aliphatic rings. The van der Waals surface area contributed by atoms with Crippen LogP contribution in [0.15, 0.2) is 59.7 Å². The van der Waals surface area contributed by atoms with E-state index < -0.39 is 0 Å². The van der Waals surface area contributed by atoms with Crippen molar-refractivity contribution in [1.29, 1.82) is 0 Å². The van der Waals surface area contributed by atoms with Crippen molar-refractivity contribution in [2.24, 2.45) is 0 Å². The maximum Gasteiger partial charge on any atom is 0.262 e. The first-order valence-corrected chi connectivity index (χ1v) is 11.7. The van der Waals surface area contributed by atoms with E-state index in [9.17, 15) is 9.59 Å². The van der Waals surface area contributed by atoms with E-state index in [1.807, 2.05) is 55.5 Å². The summed E-state index contributed by atoms with van der Waals surface area (Å²) in [4.78, 5) is 33.9. The molecule has 0 N–H and O–H groups in total. The predicted molar refractivity (Wildman–Crippen MR) is 135 cm³/mol. The third kappa shape index (κ3) is 4.68. The van der Waals surface area contributed by atoms with Gasteiger partial charge in [0.1, 0.15) is 11.4 Å². The Labute approximate surface area is 202 Å². The minimum atomic E-state index is -0.192. The fourth-order valence-electron chi connectivity index (χ4n) is 3.86. The van der Waals surface area contributed by atoms with Gasteiger partial charge in [0.25, 0.3) is 5.56 Å². The molecule has 0 aliphatic heterocycles. The molecule has 176 valence electrons.